The van der Waals surface area contributed by atoms with Crippen LogP contribution in [0.15, 0.2) is 54.7 Å². The lowest BCUT2D eigenvalue weighted by Crippen LogP contribution is -2.43. The third-order valence-electron chi connectivity index (χ3n) is 5.99. The van der Waals surface area contributed by atoms with Crippen molar-refractivity contribution in [3.8, 4) is 28.5 Å². The number of carboxylic acid groups (broad SMARTS) is 1. The number of rotatable bonds is 7. The first-order chi connectivity index (χ1) is 17.3. The van der Waals surface area contributed by atoms with Gasteiger partial charge in [-0.3, -0.25) is 9.59 Å². The molecule has 4 rings (SSSR count). The highest BCUT2D eigenvalue weighted by Gasteiger charge is 2.25. The van der Waals surface area contributed by atoms with Gasteiger partial charge in [0.05, 0.1) is 11.8 Å². The van der Waals surface area contributed by atoms with Crippen molar-refractivity contribution in [3.05, 3.63) is 71.7 Å². The number of phenols is 1. The van der Waals surface area contributed by atoms with Crippen molar-refractivity contribution in [1.29, 1.82) is 0 Å². The molecule has 1 aromatic heterocycles. The highest BCUT2D eigenvalue weighted by Crippen LogP contribution is 2.31. The Bertz CT molecular complexity index is 1290. The number of ether oxygens (including phenoxy) is 1. The van der Waals surface area contributed by atoms with Gasteiger partial charge in [-0.1, -0.05) is 18.2 Å². The number of aromatic nitrogens is 1. The summed E-state index contributed by atoms with van der Waals surface area (Å²) >= 11 is 0. The molecule has 36 heavy (non-hydrogen) atoms. The molecule has 4 N–H and O–H groups in total. The van der Waals surface area contributed by atoms with Crippen molar-refractivity contribution < 1.29 is 33.7 Å². The van der Waals surface area contributed by atoms with Gasteiger partial charge >= 0.3 is 6.09 Å². The van der Waals surface area contributed by atoms with Gasteiger partial charge in [-0.2, -0.15) is 0 Å². The largest absolute Gasteiger partial charge is 0.507 e. The number of phenolic OH excluding ortho intramolecular Hbond substituents is 1. The van der Waals surface area contributed by atoms with E-state index in [4.69, 9.17) is 9.84 Å². The predicted octanol–water partition coefficient (Wildman–Crippen LogP) is 4.51. The lowest BCUT2D eigenvalue weighted by molar-refractivity contribution is 0.0919. The summed E-state index contributed by atoms with van der Waals surface area (Å²) in [5, 5.41) is 24.2. The number of pyridine rings is 1. The van der Waals surface area contributed by atoms with Gasteiger partial charge in [0, 0.05) is 12.1 Å². The van der Waals surface area contributed by atoms with Crippen molar-refractivity contribution in [2.45, 2.75) is 37.8 Å². The standard InChI is InChI=1S/C26H24FN3O6/c27-18-12-22(24(33)29-19-6-8-20(9-7-19)30-26(34)35)25(28-13-18)36-21-3-1-2-15(10-21)16-4-5-17(14-31)23(32)11-16/h1-5,10-14,19-20,30,32H,6-9H2,(H,29,33)(H,34,35). The van der Waals surface area contributed by atoms with Crippen LogP contribution in [0.3, 0.4) is 0 Å². The fourth-order valence-electron chi connectivity index (χ4n) is 4.16. The normalized spacial score (nSPS) is 17.1. The second-order valence-corrected chi connectivity index (χ2v) is 8.50. The van der Waals surface area contributed by atoms with E-state index in [1.807, 2.05) is 0 Å². The van der Waals surface area contributed by atoms with E-state index in [1.54, 1.807) is 30.3 Å². The Kier molecular flexibility index (Phi) is 7.43. The molecule has 0 spiro atoms. The summed E-state index contributed by atoms with van der Waals surface area (Å²) in [6.45, 7) is 0. The maximum Gasteiger partial charge on any atom is 0.404 e. The summed E-state index contributed by atoms with van der Waals surface area (Å²) in [5.41, 5.74) is 1.42. The highest BCUT2D eigenvalue weighted by molar-refractivity contribution is 5.96. The van der Waals surface area contributed by atoms with Crippen LogP contribution in [0, 0.1) is 5.82 Å². The monoisotopic (exact) mass is 493 g/mol. The average Bonchev–Trinajstić information content (AvgIpc) is 2.86. The third-order valence-corrected chi connectivity index (χ3v) is 5.99. The number of halogens is 1. The van der Waals surface area contributed by atoms with Crippen LogP contribution in [0.25, 0.3) is 11.1 Å². The molecule has 0 saturated heterocycles. The van der Waals surface area contributed by atoms with E-state index in [0.29, 0.717) is 48.8 Å². The Morgan fingerprint density at radius 2 is 1.69 bits per heavy atom. The summed E-state index contributed by atoms with van der Waals surface area (Å²) in [6, 6.07) is 12.1. The quantitative estimate of drug-likeness (QED) is 0.355. The van der Waals surface area contributed by atoms with E-state index >= 15 is 0 Å². The number of nitrogens with zero attached hydrogens (tertiary/aromatic N) is 1. The Balaban J connectivity index is 1.49. The van der Waals surface area contributed by atoms with Crippen LogP contribution in [0.2, 0.25) is 0 Å². The summed E-state index contributed by atoms with van der Waals surface area (Å²) in [5.74, 6) is -1.13. The molecule has 0 atom stereocenters. The molecule has 9 nitrogen and oxygen atoms in total. The second-order valence-electron chi connectivity index (χ2n) is 8.50. The number of amides is 2. The van der Waals surface area contributed by atoms with E-state index in [1.165, 1.54) is 12.1 Å². The number of nitrogens with one attached hydrogen (secondary N) is 2. The molecule has 1 aliphatic carbocycles. The maximum absolute atomic E-state index is 14.0. The first-order valence-electron chi connectivity index (χ1n) is 11.3. The Morgan fingerprint density at radius 3 is 2.36 bits per heavy atom. The fourth-order valence-corrected chi connectivity index (χ4v) is 4.16. The average molecular weight is 493 g/mol. The Morgan fingerprint density at radius 1 is 1.00 bits per heavy atom. The minimum atomic E-state index is -1.08. The van der Waals surface area contributed by atoms with Crippen LogP contribution in [-0.2, 0) is 0 Å². The third kappa shape index (κ3) is 5.96. The number of hydrogen-bond acceptors (Lipinski definition) is 6. The highest BCUT2D eigenvalue weighted by atomic mass is 19.1. The van der Waals surface area contributed by atoms with Gasteiger partial charge < -0.3 is 25.6 Å². The van der Waals surface area contributed by atoms with Gasteiger partial charge in [0.15, 0.2) is 6.29 Å². The summed E-state index contributed by atoms with van der Waals surface area (Å²) < 4.78 is 19.8. The van der Waals surface area contributed by atoms with E-state index in [0.717, 1.165) is 12.3 Å². The van der Waals surface area contributed by atoms with Crippen molar-refractivity contribution in [3.63, 3.8) is 0 Å². The molecule has 0 radical (unpaired) electrons. The first kappa shape index (κ1) is 24.6. The number of carbonyl (C=O) groups excluding carboxylic acids is 2. The summed E-state index contributed by atoms with van der Waals surface area (Å²) in [6.07, 6.45) is 2.75. The Hall–Kier alpha value is -4.47. The van der Waals surface area contributed by atoms with Crippen molar-refractivity contribution >= 4 is 18.3 Å². The van der Waals surface area contributed by atoms with E-state index in [9.17, 15) is 23.9 Å². The molecule has 2 amide bonds. The fraction of sp³-hybridized carbons (Fsp3) is 0.231. The van der Waals surface area contributed by atoms with Crippen LogP contribution < -0.4 is 15.4 Å². The molecule has 0 unspecified atom stereocenters. The minimum absolute atomic E-state index is 0.0702. The zero-order valence-corrected chi connectivity index (χ0v) is 19.1. The molecule has 0 aliphatic heterocycles. The lowest BCUT2D eigenvalue weighted by Gasteiger charge is -2.29. The molecule has 1 saturated carbocycles. The zero-order valence-electron chi connectivity index (χ0n) is 19.1. The lowest BCUT2D eigenvalue weighted by atomic mass is 9.91. The van der Waals surface area contributed by atoms with E-state index in [2.05, 4.69) is 15.6 Å². The van der Waals surface area contributed by atoms with Crippen LogP contribution in [0.4, 0.5) is 9.18 Å². The Labute approximate surface area is 205 Å². The molecule has 1 aliphatic rings. The topological polar surface area (TPSA) is 138 Å². The second kappa shape index (κ2) is 10.9. The molecule has 3 aromatic rings. The molecule has 10 heteroatoms. The van der Waals surface area contributed by atoms with Gasteiger partial charge in [0.25, 0.3) is 5.91 Å². The van der Waals surface area contributed by atoms with Crippen molar-refractivity contribution in [2.24, 2.45) is 0 Å². The van der Waals surface area contributed by atoms with Gasteiger partial charge in [-0.15, -0.1) is 0 Å². The van der Waals surface area contributed by atoms with Crippen molar-refractivity contribution in [1.82, 2.24) is 15.6 Å². The number of benzene rings is 2. The SMILES string of the molecule is O=Cc1ccc(-c2cccc(Oc3ncc(F)cc3C(=O)NC3CCC(NC(=O)O)CC3)c2)cc1O. The molecule has 186 valence electrons. The van der Waals surface area contributed by atoms with E-state index in [-0.39, 0.29) is 34.8 Å². The van der Waals surface area contributed by atoms with Gasteiger partial charge in [0.1, 0.15) is 22.9 Å². The van der Waals surface area contributed by atoms with E-state index < -0.39 is 17.8 Å². The maximum atomic E-state index is 14.0. The smallest absolute Gasteiger partial charge is 0.404 e. The summed E-state index contributed by atoms with van der Waals surface area (Å²) in [7, 11) is 0. The van der Waals surface area contributed by atoms with Crippen LogP contribution >= 0.6 is 0 Å². The molecular weight excluding hydrogens is 469 g/mol. The molecule has 0 bridgehead atoms. The molecular formula is C26H24FN3O6. The minimum Gasteiger partial charge on any atom is -0.507 e. The van der Waals surface area contributed by atoms with Gasteiger partial charge in [-0.05, 0) is 67.1 Å². The molecule has 2 aromatic carbocycles. The number of aromatic hydroxyl groups is 1. The number of aldehydes is 1. The molecule has 1 fully saturated rings. The zero-order chi connectivity index (χ0) is 25.7. The van der Waals surface area contributed by atoms with Gasteiger partial charge in [-0.25, -0.2) is 14.2 Å². The van der Waals surface area contributed by atoms with Gasteiger partial charge in [0.2, 0.25) is 5.88 Å². The number of hydrogen-bond donors (Lipinski definition) is 4. The summed E-state index contributed by atoms with van der Waals surface area (Å²) in [4.78, 5) is 38.7. The van der Waals surface area contributed by atoms with Crippen LogP contribution in [0.1, 0.15) is 46.4 Å². The van der Waals surface area contributed by atoms with Crippen LogP contribution in [0.5, 0.6) is 17.4 Å². The molecule has 1 heterocycles. The van der Waals surface area contributed by atoms with Crippen molar-refractivity contribution in [2.75, 3.05) is 0 Å². The van der Waals surface area contributed by atoms with Crippen LogP contribution in [-0.4, -0.2) is 45.6 Å². The first-order valence-corrected chi connectivity index (χ1v) is 11.3. The number of carbonyl (C=O) groups is 3. The predicted molar refractivity (Wildman–Crippen MR) is 128 cm³/mol.